The predicted octanol–water partition coefficient (Wildman–Crippen LogP) is 6.54. The van der Waals surface area contributed by atoms with Gasteiger partial charge in [-0.2, -0.15) is 0 Å². The lowest BCUT2D eigenvalue weighted by atomic mass is 9.63. The molecule has 51 heavy (non-hydrogen) atoms. The first-order valence-electron chi connectivity index (χ1n) is 19.0. The van der Waals surface area contributed by atoms with E-state index >= 15 is 0 Å². The number of carbonyl (C=O) groups excluding carboxylic acids is 1. The number of rotatable bonds is 5. The van der Waals surface area contributed by atoms with E-state index in [1.807, 2.05) is 44.4 Å². The number of hydrogen-bond acceptors (Lipinski definition) is 8. The highest BCUT2D eigenvalue weighted by atomic mass is 35.5. The highest BCUT2D eigenvalue weighted by Gasteiger charge is 2.48. The number of piperazine rings is 1. The van der Waals surface area contributed by atoms with Crippen LogP contribution in [-0.2, 0) is 27.8 Å². The molecular weight excluding hydrogens is 684 g/mol. The number of ether oxygens (including phenoxy) is 2. The summed E-state index contributed by atoms with van der Waals surface area (Å²) >= 11 is 6.40. The third-order valence-corrected chi connectivity index (χ3v) is 14.2. The second-order valence-corrected chi connectivity index (χ2v) is 17.8. The van der Waals surface area contributed by atoms with Crippen molar-refractivity contribution in [1.29, 1.82) is 0 Å². The number of hydrogen-bond donors (Lipinski definition) is 1. The highest BCUT2D eigenvalue weighted by molar-refractivity contribution is 7.90. The first kappa shape index (κ1) is 38.1. The number of nitrogens with one attached hydrogen (secondary N) is 1. The zero-order chi connectivity index (χ0) is 36.2. The average Bonchev–Trinajstić information content (AvgIpc) is 3.13. The van der Waals surface area contributed by atoms with Crippen LogP contribution in [0.3, 0.4) is 0 Å². The largest absolute Gasteiger partial charge is 0.487 e. The minimum absolute atomic E-state index is 0.210. The lowest BCUT2D eigenvalue weighted by Crippen LogP contribution is -2.58. The number of anilines is 1. The monoisotopic (exact) mass is 740 g/mol. The van der Waals surface area contributed by atoms with E-state index in [4.69, 9.17) is 21.1 Å². The quantitative estimate of drug-likeness (QED) is 0.346. The topological polar surface area (TPSA) is 91.4 Å². The summed E-state index contributed by atoms with van der Waals surface area (Å²) < 4.78 is 42.7. The molecule has 3 aliphatic heterocycles. The first-order chi connectivity index (χ1) is 24.5. The molecular formula is C40H57ClN4O5S. The van der Waals surface area contributed by atoms with Gasteiger partial charge in [-0.1, -0.05) is 43.7 Å². The molecule has 2 aromatic carbocycles. The fourth-order valence-corrected chi connectivity index (χ4v) is 9.95. The smallest absolute Gasteiger partial charge is 0.264 e. The summed E-state index contributed by atoms with van der Waals surface area (Å²) in [6, 6.07) is 11.3. The number of nitrogens with zero attached hydrogens (tertiary/aromatic N) is 3. The molecule has 4 aliphatic rings. The first-order valence-corrected chi connectivity index (χ1v) is 21.0. The van der Waals surface area contributed by atoms with Gasteiger partial charge in [-0.3, -0.25) is 9.69 Å². The molecule has 3 heterocycles. The van der Waals surface area contributed by atoms with Crippen molar-refractivity contribution in [2.75, 3.05) is 64.4 Å². The molecule has 5 atom stereocenters. The van der Waals surface area contributed by atoms with Crippen molar-refractivity contribution < 1.29 is 22.7 Å². The molecule has 1 N–H and O–H groups in total. The Morgan fingerprint density at radius 1 is 1.00 bits per heavy atom. The van der Waals surface area contributed by atoms with Gasteiger partial charge in [0.2, 0.25) is 10.0 Å². The van der Waals surface area contributed by atoms with E-state index in [-0.39, 0.29) is 11.8 Å². The van der Waals surface area contributed by atoms with Crippen molar-refractivity contribution in [1.82, 2.24) is 14.5 Å². The molecule has 1 saturated heterocycles. The summed E-state index contributed by atoms with van der Waals surface area (Å²) in [5.74, 6) is 0.508. The van der Waals surface area contributed by atoms with Crippen LogP contribution in [0.25, 0.3) is 0 Å². The summed E-state index contributed by atoms with van der Waals surface area (Å²) in [5, 5.41) is -0.0498. The van der Waals surface area contributed by atoms with E-state index in [1.54, 1.807) is 13.0 Å². The van der Waals surface area contributed by atoms with Crippen LogP contribution >= 0.6 is 11.6 Å². The maximum absolute atomic E-state index is 13.6. The standard InChI is InChI=1S/C40H57ClN4O5S/c1-5-18-43-20-22-44(23-21-43)28-40(49-4)17-8-9-29(2)30(3)51(47,48)42-39(46)32-13-16-38-37(25-32)45(26-33-12-15-36(33)40)19-7-6-10-31-24-35(41)14-11-34(31)27-50-38/h8,11,13-14,16-17,24-25,29-30,33,36H,5-7,9-10,12,15,18-23,26-28H2,1-4H3,(H,42,46)/b17-8+/t29-,30+,33-,36+,40-/m0/s1. The lowest BCUT2D eigenvalue weighted by Gasteiger charge is -2.52. The van der Waals surface area contributed by atoms with Crippen LogP contribution in [0.5, 0.6) is 5.75 Å². The van der Waals surface area contributed by atoms with Crippen LogP contribution < -0.4 is 14.4 Å². The number of allylic oxidation sites excluding steroid dienone is 1. The number of amides is 1. The summed E-state index contributed by atoms with van der Waals surface area (Å²) in [4.78, 5) is 21.1. The molecule has 0 radical (unpaired) electrons. The van der Waals surface area contributed by atoms with E-state index in [1.165, 1.54) is 5.56 Å². The number of carbonyl (C=O) groups is 1. The van der Waals surface area contributed by atoms with E-state index in [9.17, 15) is 13.2 Å². The van der Waals surface area contributed by atoms with Crippen LogP contribution in [0.4, 0.5) is 5.69 Å². The Labute approximate surface area is 310 Å². The summed E-state index contributed by atoms with van der Waals surface area (Å²) in [7, 11) is -2.09. The Hall–Kier alpha value is -2.63. The third-order valence-electron chi connectivity index (χ3n) is 12.0. The maximum atomic E-state index is 13.6. The number of methoxy groups -OCH3 is 1. The molecule has 1 amide bonds. The Morgan fingerprint density at radius 3 is 2.51 bits per heavy atom. The van der Waals surface area contributed by atoms with Crippen LogP contribution in [0, 0.1) is 17.8 Å². The van der Waals surface area contributed by atoms with E-state index < -0.39 is 26.8 Å². The average molecular weight is 741 g/mol. The van der Waals surface area contributed by atoms with Crippen LogP contribution in [0.2, 0.25) is 5.02 Å². The van der Waals surface area contributed by atoms with Gasteiger partial charge in [0, 0.05) is 63.5 Å². The molecule has 1 saturated carbocycles. The molecule has 280 valence electrons. The second kappa shape index (κ2) is 16.6. The molecule has 0 unspecified atom stereocenters. The van der Waals surface area contributed by atoms with Crippen molar-refractivity contribution >= 4 is 33.2 Å². The minimum Gasteiger partial charge on any atom is -0.487 e. The molecule has 0 aromatic heterocycles. The van der Waals surface area contributed by atoms with Crippen molar-refractivity contribution in [2.24, 2.45) is 17.8 Å². The van der Waals surface area contributed by atoms with Gasteiger partial charge in [-0.05, 0) is 118 Å². The minimum atomic E-state index is -3.94. The van der Waals surface area contributed by atoms with Crippen LogP contribution in [0.15, 0.2) is 48.6 Å². The highest BCUT2D eigenvalue weighted by Crippen LogP contribution is 2.47. The number of aryl methyl sites for hydroxylation is 1. The Bertz CT molecular complexity index is 1660. The Balaban J connectivity index is 1.37. The van der Waals surface area contributed by atoms with Gasteiger partial charge < -0.3 is 19.3 Å². The zero-order valence-corrected chi connectivity index (χ0v) is 32.5. The predicted molar refractivity (Wildman–Crippen MR) is 205 cm³/mol. The molecule has 11 heteroatoms. The fourth-order valence-electron chi connectivity index (χ4n) is 8.47. The van der Waals surface area contributed by atoms with Crippen molar-refractivity contribution in [3.8, 4) is 5.75 Å². The van der Waals surface area contributed by atoms with Gasteiger partial charge in [0.25, 0.3) is 5.91 Å². The maximum Gasteiger partial charge on any atom is 0.264 e. The van der Waals surface area contributed by atoms with Gasteiger partial charge in [-0.15, -0.1) is 0 Å². The summed E-state index contributed by atoms with van der Waals surface area (Å²) in [5.41, 5.74) is 2.91. The number of halogens is 1. The lowest BCUT2D eigenvalue weighted by molar-refractivity contribution is -0.0953. The van der Waals surface area contributed by atoms with Crippen molar-refractivity contribution in [2.45, 2.75) is 83.2 Å². The normalized spacial score (nSPS) is 30.1. The van der Waals surface area contributed by atoms with E-state index in [2.05, 4.69) is 38.5 Å². The SMILES string of the molecule is CCCN1CCN(C[C@@]2(OC)/C=C/C[C@H](C)[C@@H](C)S(=O)(=O)NC(=O)c3ccc4c(c3)N(CCCCc3cc(Cl)ccc3CO4)C[C@@H]3CC[C@H]32)CC1. The summed E-state index contributed by atoms with van der Waals surface area (Å²) in [6.07, 6.45) is 11.1. The van der Waals surface area contributed by atoms with Gasteiger partial charge in [-0.25, -0.2) is 13.1 Å². The molecule has 2 fully saturated rings. The molecule has 2 aromatic rings. The van der Waals surface area contributed by atoms with Gasteiger partial charge in [0.05, 0.1) is 10.9 Å². The van der Waals surface area contributed by atoms with Gasteiger partial charge in [0.15, 0.2) is 0 Å². The van der Waals surface area contributed by atoms with E-state index in [0.717, 1.165) is 107 Å². The van der Waals surface area contributed by atoms with Gasteiger partial charge in [0.1, 0.15) is 18.0 Å². The number of sulfonamides is 1. The second-order valence-electron chi connectivity index (χ2n) is 15.3. The Kier molecular flexibility index (Phi) is 12.4. The third kappa shape index (κ3) is 8.78. The molecule has 9 nitrogen and oxygen atoms in total. The molecule has 1 aliphatic carbocycles. The molecule has 0 spiro atoms. The van der Waals surface area contributed by atoms with Crippen LogP contribution in [-0.4, -0.2) is 94.4 Å². The van der Waals surface area contributed by atoms with Crippen molar-refractivity contribution in [3.63, 3.8) is 0 Å². The fraction of sp³-hybridized carbons (Fsp3) is 0.625. The Morgan fingerprint density at radius 2 is 1.78 bits per heavy atom. The number of fused-ring (bicyclic) bond motifs is 3. The van der Waals surface area contributed by atoms with E-state index in [0.29, 0.717) is 30.3 Å². The molecule has 6 rings (SSSR count). The van der Waals surface area contributed by atoms with Gasteiger partial charge >= 0.3 is 0 Å². The molecule has 2 bridgehead atoms. The summed E-state index contributed by atoms with van der Waals surface area (Å²) in [6.45, 7) is 13.9. The van der Waals surface area contributed by atoms with Crippen molar-refractivity contribution in [3.05, 3.63) is 70.3 Å². The number of benzene rings is 2. The van der Waals surface area contributed by atoms with Crippen LogP contribution in [0.1, 0.15) is 80.8 Å². The zero-order valence-electron chi connectivity index (χ0n) is 30.9.